The molecule has 1 atom stereocenters. The molecule has 1 aliphatic rings. The lowest BCUT2D eigenvalue weighted by atomic mass is 9.96. The number of nitrogens with zero attached hydrogens (tertiary/aromatic N) is 4. The van der Waals surface area contributed by atoms with Gasteiger partial charge in [-0.2, -0.15) is 0 Å². The second kappa shape index (κ2) is 9.30. The predicted molar refractivity (Wildman–Crippen MR) is 124 cm³/mol. The van der Waals surface area contributed by atoms with Crippen LogP contribution in [0.15, 0.2) is 60.8 Å². The Morgan fingerprint density at radius 1 is 1.03 bits per heavy atom. The van der Waals surface area contributed by atoms with Crippen molar-refractivity contribution < 1.29 is 9.59 Å². The fourth-order valence-electron chi connectivity index (χ4n) is 4.27. The zero-order chi connectivity index (χ0) is 22.7. The highest BCUT2D eigenvalue weighted by atomic mass is 16.2. The van der Waals surface area contributed by atoms with Gasteiger partial charge in [-0.15, -0.1) is 0 Å². The Labute approximate surface area is 188 Å². The molecule has 2 amide bonds. The molecule has 4 rings (SSSR count). The van der Waals surface area contributed by atoms with E-state index in [1.165, 1.54) is 0 Å². The number of piperazine rings is 1. The third-order valence-electron chi connectivity index (χ3n) is 6.02. The van der Waals surface area contributed by atoms with Gasteiger partial charge in [0.15, 0.2) is 0 Å². The fraction of sp³-hybridized carbons (Fsp3) is 0.308. The summed E-state index contributed by atoms with van der Waals surface area (Å²) in [5, 5.41) is 0. The maximum atomic E-state index is 13.4. The summed E-state index contributed by atoms with van der Waals surface area (Å²) in [5.41, 5.74) is 4.34. The summed E-state index contributed by atoms with van der Waals surface area (Å²) in [4.78, 5) is 38.8. The van der Waals surface area contributed by atoms with Crippen LogP contribution >= 0.6 is 0 Å². The molecule has 6 nitrogen and oxygen atoms in total. The highest BCUT2D eigenvalue weighted by Gasteiger charge is 2.37. The Morgan fingerprint density at radius 3 is 2.50 bits per heavy atom. The van der Waals surface area contributed by atoms with Crippen LogP contribution in [-0.4, -0.2) is 57.3 Å². The van der Waals surface area contributed by atoms with Crippen molar-refractivity contribution in [1.82, 2.24) is 19.8 Å². The summed E-state index contributed by atoms with van der Waals surface area (Å²) in [5.74, 6) is 0.430. The van der Waals surface area contributed by atoms with Crippen molar-refractivity contribution in [1.29, 1.82) is 0 Å². The molecule has 1 fully saturated rings. The van der Waals surface area contributed by atoms with Crippen LogP contribution in [0.5, 0.6) is 0 Å². The van der Waals surface area contributed by atoms with Crippen LogP contribution in [-0.2, 0) is 11.2 Å². The number of aromatic nitrogens is 2. The molecule has 2 heterocycles. The average molecular weight is 429 g/mol. The molecule has 0 bridgehead atoms. The second-order valence-electron chi connectivity index (χ2n) is 8.12. The van der Waals surface area contributed by atoms with Gasteiger partial charge in [0.2, 0.25) is 5.91 Å². The van der Waals surface area contributed by atoms with Crippen molar-refractivity contribution in [2.45, 2.75) is 33.2 Å². The fourth-order valence-corrected chi connectivity index (χ4v) is 4.27. The summed E-state index contributed by atoms with van der Waals surface area (Å²) in [6.45, 7) is 7.24. The number of amides is 2. The first kappa shape index (κ1) is 21.7. The number of rotatable bonds is 5. The van der Waals surface area contributed by atoms with Gasteiger partial charge < -0.3 is 9.80 Å². The average Bonchev–Trinajstić information content (AvgIpc) is 2.81. The van der Waals surface area contributed by atoms with Crippen LogP contribution in [0, 0.1) is 13.8 Å². The molecular formula is C26H28N4O2. The van der Waals surface area contributed by atoms with Crippen molar-refractivity contribution in [2.24, 2.45) is 0 Å². The van der Waals surface area contributed by atoms with E-state index in [1.807, 2.05) is 49.1 Å². The van der Waals surface area contributed by atoms with Crippen LogP contribution in [0.3, 0.4) is 0 Å². The van der Waals surface area contributed by atoms with E-state index in [-0.39, 0.29) is 11.8 Å². The van der Waals surface area contributed by atoms with E-state index in [0.29, 0.717) is 43.1 Å². The zero-order valence-electron chi connectivity index (χ0n) is 18.8. The van der Waals surface area contributed by atoms with Crippen LogP contribution in [0.2, 0.25) is 0 Å². The summed E-state index contributed by atoms with van der Waals surface area (Å²) < 4.78 is 0. The molecule has 6 heteroatoms. The summed E-state index contributed by atoms with van der Waals surface area (Å²) in [6.07, 6.45) is 2.04. The Hall–Kier alpha value is -3.54. The highest BCUT2D eigenvalue weighted by Crippen LogP contribution is 2.24. The monoisotopic (exact) mass is 428 g/mol. The van der Waals surface area contributed by atoms with Gasteiger partial charge in [-0.25, -0.2) is 9.97 Å². The molecule has 0 spiro atoms. The molecule has 0 radical (unpaired) electrons. The first-order valence-electron chi connectivity index (χ1n) is 11.0. The van der Waals surface area contributed by atoms with Gasteiger partial charge in [-0.05, 0) is 37.5 Å². The number of likely N-dealkylation sites (N-methyl/N-ethyl adjacent to an activating group) is 1. The molecule has 1 saturated heterocycles. The molecule has 1 unspecified atom stereocenters. The Kier molecular flexibility index (Phi) is 6.30. The topological polar surface area (TPSA) is 66.4 Å². The smallest absolute Gasteiger partial charge is 0.258 e. The Bertz CT molecular complexity index is 1130. The van der Waals surface area contributed by atoms with Crippen LogP contribution in [0.25, 0.3) is 11.1 Å². The number of benzene rings is 2. The van der Waals surface area contributed by atoms with Crippen LogP contribution in [0.4, 0.5) is 0 Å². The third-order valence-corrected chi connectivity index (χ3v) is 6.02. The number of hydrogen-bond acceptors (Lipinski definition) is 4. The third kappa shape index (κ3) is 4.40. The summed E-state index contributed by atoms with van der Waals surface area (Å²) >= 11 is 0. The molecule has 0 saturated carbocycles. The van der Waals surface area contributed by atoms with E-state index in [2.05, 4.69) is 34.2 Å². The molecule has 32 heavy (non-hydrogen) atoms. The van der Waals surface area contributed by atoms with Gasteiger partial charge in [0.25, 0.3) is 5.91 Å². The minimum Gasteiger partial charge on any atom is -0.339 e. The maximum absolute atomic E-state index is 13.4. The standard InChI is InChI=1S/C26H28N4O2/c1-4-29-13-14-30(25(31)23-17-27-19(3)28-18(23)2)24(26(29)32)16-20-9-8-12-22(15-20)21-10-6-5-7-11-21/h5-12,15,17,24H,4,13-14,16H2,1-3H3. The lowest BCUT2D eigenvalue weighted by Gasteiger charge is -2.40. The minimum atomic E-state index is -0.553. The van der Waals surface area contributed by atoms with Crippen molar-refractivity contribution >= 4 is 11.8 Å². The quantitative estimate of drug-likeness (QED) is 0.622. The van der Waals surface area contributed by atoms with E-state index in [1.54, 1.807) is 18.0 Å². The Balaban J connectivity index is 1.65. The van der Waals surface area contributed by atoms with Gasteiger partial charge in [0, 0.05) is 32.3 Å². The largest absolute Gasteiger partial charge is 0.339 e. The molecule has 2 aromatic carbocycles. The van der Waals surface area contributed by atoms with E-state index in [0.717, 1.165) is 16.7 Å². The first-order valence-corrected chi connectivity index (χ1v) is 11.0. The Morgan fingerprint density at radius 2 is 1.78 bits per heavy atom. The van der Waals surface area contributed by atoms with Gasteiger partial charge in [-0.1, -0.05) is 54.6 Å². The van der Waals surface area contributed by atoms with Crippen molar-refractivity contribution in [2.75, 3.05) is 19.6 Å². The van der Waals surface area contributed by atoms with Gasteiger partial charge in [0.1, 0.15) is 11.9 Å². The van der Waals surface area contributed by atoms with E-state index in [4.69, 9.17) is 0 Å². The van der Waals surface area contributed by atoms with Gasteiger partial charge in [0.05, 0.1) is 11.3 Å². The number of carbonyl (C=O) groups excluding carboxylic acids is 2. The van der Waals surface area contributed by atoms with Crippen molar-refractivity contribution in [3.63, 3.8) is 0 Å². The summed E-state index contributed by atoms with van der Waals surface area (Å²) in [6, 6.07) is 17.8. The SMILES string of the molecule is CCN1CCN(C(=O)c2cnc(C)nc2C)C(Cc2cccc(-c3ccccc3)c2)C1=O. The lowest BCUT2D eigenvalue weighted by molar-refractivity contribution is -0.139. The number of hydrogen-bond donors (Lipinski definition) is 0. The van der Waals surface area contributed by atoms with Gasteiger partial charge in [-0.3, -0.25) is 9.59 Å². The maximum Gasteiger partial charge on any atom is 0.258 e. The molecule has 3 aromatic rings. The van der Waals surface area contributed by atoms with Gasteiger partial charge >= 0.3 is 0 Å². The molecule has 1 aliphatic heterocycles. The zero-order valence-corrected chi connectivity index (χ0v) is 18.8. The van der Waals surface area contributed by atoms with E-state index in [9.17, 15) is 9.59 Å². The molecule has 0 N–H and O–H groups in total. The predicted octanol–water partition coefficient (Wildman–Crippen LogP) is 3.68. The summed E-state index contributed by atoms with van der Waals surface area (Å²) in [7, 11) is 0. The molecule has 1 aromatic heterocycles. The molecular weight excluding hydrogens is 400 g/mol. The lowest BCUT2D eigenvalue weighted by Crippen LogP contribution is -2.59. The van der Waals surface area contributed by atoms with Crippen LogP contribution < -0.4 is 0 Å². The minimum absolute atomic E-state index is 0.0112. The number of aryl methyl sites for hydroxylation is 2. The highest BCUT2D eigenvalue weighted by molar-refractivity contribution is 5.98. The van der Waals surface area contributed by atoms with E-state index < -0.39 is 6.04 Å². The molecule has 0 aliphatic carbocycles. The second-order valence-corrected chi connectivity index (χ2v) is 8.12. The van der Waals surface area contributed by atoms with E-state index >= 15 is 0 Å². The molecule has 164 valence electrons. The van der Waals surface area contributed by atoms with Crippen molar-refractivity contribution in [3.05, 3.63) is 83.4 Å². The van der Waals surface area contributed by atoms with Crippen molar-refractivity contribution in [3.8, 4) is 11.1 Å². The van der Waals surface area contributed by atoms with Crippen LogP contribution in [0.1, 0.15) is 34.4 Å². The first-order chi connectivity index (χ1) is 15.5. The normalized spacial score (nSPS) is 16.3. The number of carbonyl (C=O) groups is 2.